The zero-order valence-corrected chi connectivity index (χ0v) is 15.8. The zero-order chi connectivity index (χ0) is 19.3. The third-order valence-electron chi connectivity index (χ3n) is 5.38. The number of amides is 3. The Morgan fingerprint density at radius 2 is 1.81 bits per heavy atom. The molecule has 8 heteroatoms. The van der Waals surface area contributed by atoms with Gasteiger partial charge < -0.3 is 9.80 Å². The number of urea groups is 1. The van der Waals surface area contributed by atoms with E-state index in [2.05, 4.69) is 10.4 Å². The van der Waals surface area contributed by atoms with Crippen LogP contribution < -0.4 is 5.32 Å². The Kier molecular flexibility index (Phi) is 3.98. The van der Waals surface area contributed by atoms with Crippen molar-refractivity contribution >= 4 is 17.9 Å². The molecule has 0 spiro atoms. The molecule has 0 aliphatic carbocycles. The highest BCUT2D eigenvalue weighted by Crippen LogP contribution is 2.27. The Bertz CT molecular complexity index is 949. The quantitative estimate of drug-likeness (QED) is 0.871. The summed E-state index contributed by atoms with van der Waals surface area (Å²) in [6, 6.07) is 8.87. The van der Waals surface area contributed by atoms with Gasteiger partial charge in [-0.15, -0.1) is 0 Å². The van der Waals surface area contributed by atoms with Crippen LogP contribution in [0.15, 0.2) is 35.3 Å². The van der Waals surface area contributed by atoms with Crippen molar-refractivity contribution in [1.29, 1.82) is 0 Å². The summed E-state index contributed by atoms with van der Waals surface area (Å²) in [7, 11) is 1.65. The van der Waals surface area contributed by atoms with Gasteiger partial charge >= 0.3 is 6.03 Å². The van der Waals surface area contributed by atoms with Crippen LogP contribution in [-0.2, 0) is 11.3 Å². The SMILES string of the molecule is Cc1nn(C2=NC3C(C(=O)NC(=O)N3C)N2Cc2ccccc2)c(C)c1C. The van der Waals surface area contributed by atoms with E-state index in [9.17, 15) is 9.59 Å². The second-order valence-corrected chi connectivity index (χ2v) is 7.01. The summed E-state index contributed by atoms with van der Waals surface area (Å²) < 4.78 is 1.78. The maximum absolute atomic E-state index is 12.7. The van der Waals surface area contributed by atoms with Gasteiger partial charge in [0.05, 0.1) is 5.69 Å². The summed E-state index contributed by atoms with van der Waals surface area (Å²) in [5.74, 6) is 0.246. The van der Waals surface area contributed by atoms with Crippen LogP contribution >= 0.6 is 0 Å². The second-order valence-electron chi connectivity index (χ2n) is 7.01. The Hall–Kier alpha value is -3.16. The molecule has 1 saturated heterocycles. The van der Waals surface area contributed by atoms with E-state index >= 15 is 0 Å². The monoisotopic (exact) mass is 366 g/mol. The molecule has 1 aromatic heterocycles. The van der Waals surface area contributed by atoms with E-state index in [1.54, 1.807) is 11.7 Å². The van der Waals surface area contributed by atoms with Crippen molar-refractivity contribution in [2.45, 2.75) is 39.5 Å². The van der Waals surface area contributed by atoms with Crippen molar-refractivity contribution < 1.29 is 9.59 Å². The molecule has 27 heavy (non-hydrogen) atoms. The molecule has 2 unspecified atom stereocenters. The molecule has 0 bridgehead atoms. The van der Waals surface area contributed by atoms with Crippen molar-refractivity contribution in [2.75, 3.05) is 7.05 Å². The standard InChI is InChI=1S/C19H22N6O2/c1-11-12(2)22-25(13(11)3)18-20-16-15(17(26)21-19(27)23(16)4)24(18)10-14-8-6-5-7-9-14/h5-9,15-16H,10H2,1-4H3,(H,21,26,27). The van der Waals surface area contributed by atoms with Crippen molar-refractivity contribution in [1.82, 2.24) is 24.9 Å². The van der Waals surface area contributed by atoms with Gasteiger partial charge in [0.2, 0.25) is 5.96 Å². The highest BCUT2D eigenvalue weighted by Gasteiger charge is 2.49. The largest absolute Gasteiger partial charge is 0.325 e. The minimum absolute atomic E-state index is 0.337. The number of rotatable bonds is 2. The molecule has 140 valence electrons. The van der Waals surface area contributed by atoms with Crippen LogP contribution in [0.4, 0.5) is 4.79 Å². The minimum Gasteiger partial charge on any atom is -0.321 e. The number of nitrogens with zero attached hydrogens (tertiary/aromatic N) is 5. The average molecular weight is 366 g/mol. The lowest BCUT2D eigenvalue weighted by atomic mass is 10.1. The molecular formula is C19H22N6O2. The number of hydrogen-bond donors (Lipinski definition) is 1. The fraction of sp³-hybridized carbons (Fsp3) is 0.368. The number of aryl methyl sites for hydroxylation is 1. The van der Waals surface area contributed by atoms with Gasteiger partial charge in [-0.05, 0) is 31.9 Å². The molecule has 4 rings (SSSR count). The number of benzene rings is 1. The van der Waals surface area contributed by atoms with Crippen LogP contribution in [0.1, 0.15) is 22.5 Å². The third kappa shape index (κ3) is 2.68. The van der Waals surface area contributed by atoms with E-state index < -0.39 is 18.2 Å². The first kappa shape index (κ1) is 17.3. The lowest BCUT2D eigenvalue weighted by Crippen LogP contribution is -2.63. The number of hydrogen-bond acceptors (Lipinski definition) is 5. The van der Waals surface area contributed by atoms with Gasteiger partial charge in [0.1, 0.15) is 0 Å². The molecule has 1 aromatic carbocycles. The normalized spacial score (nSPS) is 22.0. The van der Waals surface area contributed by atoms with Gasteiger partial charge in [-0.3, -0.25) is 10.1 Å². The Morgan fingerprint density at radius 1 is 1.11 bits per heavy atom. The maximum Gasteiger partial charge on any atom is 0.325 e. The summed E-state index contributed by atoms with van der Waals surface area (Å²) in [4.78, 5) is 32.9. The molecule has 2 atom stereocenters. The average Bonchev–Trinajstić information content (AvgIpc) is 3.14. The van der Waals surface area contributed by atoms with Crippen LogP contribution in [0.2, 0.25) is 0 Å². The molecule has 2 aromatic rings. The Labute approximate surface area is 157 Å². The summed E-state index contributed by atoms with van der Waals surface area (Å²) >= 11 is 0. The highest BCUT2D eigenvalue weighted by molar-refractivity contribution is 6.04. The van der Waals surface area contributed by atoms with E-state index in [1.807, 2.05) is 56.0 Å². The van der Waals surface area contributed by atoms with Gasteiger partial charge in [-0.1, -0.05) is 30.3 Å². The van der Waals surface area contributed by atoms with Crippen LogP contribution in [0.3, 0.4) is 0 Å². The molecule has 3 heterocycles. The molecule has 2 aliphatic heterocycles. The van der Waals surface area contributed by atoms with Crippen molar-refractivity contribution in [3.05, 3.63) is 52.8 Å². The highest BCUT2D eigenvalue weighted by atomic mass is 16.2. The Morgan fingerprint density at radius 3 is 2.44 bits per heavy atom. The van der Waals surface area contributed by atoms with Gasteiger partial charge in [-0.25, -0.2) is 14.5 Å². The molecule has 3 amide bonds. The first-order valence-electron chi connectivity index (χ1n) is 8.87. The zero-order valence-electron chi connectivity index (χ0n) is 15.8. The van der Waals surface area contributed by atoms with E-state index in [-0.39, 0.29) is 5.91 Å². The first-order valence-corrected chi connectivity index (χ1v) is 8.87. The molecule has 0 radical (unpaired) electrons. The maximum atomic E-state index is 12.7. The number of carbonyl (C=O) groups is 2. The summed E-state index contributed by atoms with van der Waals surface area (Å²) in [5, 5.41) is 7.04. The number of nitrogens with one attached hydrogen (secondary N) is 1. The van der Waals surface area contributed by atoms with Crippen molar-refractivity contribution in [2.24, 2.45) is 4.99 Å². The summed E-state index contributed by atoms with van der Waals surface area (Å²) in [5.41, 5.74) is 4.02. The van der Waals surface area contributed by atoms with E-state index in [0.717, 1.165) is 22.5 Å². The molecule has 1 fully saturated rings. The number of aromatic nitrogens is 2. The van der Waals surface area contributed by atoms with Crippen LogP contribution in [0.5, 0.6) is 0 Å². The number of fused-ring (bicyclic) bond motifs is 1. The minimum atomic E-state index is -0.591. The predicted octanol–water partition coefficient (Wildman–Crippen LogP) is 1.40. The first-order chi connectivity index (χ1) is 12.9. The summed E-state index contributed by atoms with van der Waals surface area (Å²) in [6.07, 6.45) is -0.575. The molecule has 2 aliphatic rings. The van der Waals surface area contributed by atoms with E-state index in [4.69, 9.17) is 4.99 Å². The van der Waals surface area contributed by atoms with Crippen LogP contribution in [0.25, 0.3) is 0 Å². The lowest BCUT2D eigenvalue weighted by Gasteiger charge is -2.36. The molecule has 1 N–H and O–H groups in total. The van der Waals surface area contributed by atoms with E-state index in [0.29, 0.717) is 12.5 Å². The number of imide groups is 1. The lowest BCUT2D eigenvalue weighted by molar-refractivity contribution is -0.127. The Balaban J connectivity index is 1.81. The summed E-state index contributed by atoms with van der Waals surface area (Å²) in [6.45, 7) is 6.44. The van der Waals surface area contributed by atoms with Gasteiger partial charge in [0.25, 0.3) is 5.91 Å². The van der Waals surface area contributed by atoms with Crippen LogP contribution in [0, 0.1) is 20.8 Å². The van der Waals surface area contributed by atoms with Crippen molar-refractivity contribution in [3.8, 4) is 0 Å². The molecular weight excluding hydrogens is 344 g/mol. The van der Waals surface area contributed by atoms with Gasteiger partial charge in [-0.2, -0.15) is 5.10 Å². The smallest absolute Gasteiger partial charge is 0.321 e. The number of aliphatic imine (C=N–C) groups is 1. The molecule has 8 nitrogen and oxygen atoms in total. The molecule has 0 saturated carbocycles. The second kappa shape index (κ2) is 6.22. The number of likely N-dealkylation sites (N-methyl/N-ethyl adjacent to an activating group) is 1. The predicted molar refractivity (Wildman–Crippen MR) is 100 cm³/mol. The van der Waals surface area contributed by atoms with Crippen LogP contribution in [-0.4, -0.2) is 56.7 Å². The van der Waals surface area contributed by atoms with Crippen molar-refractivity contribution in [3.63, 3.8) is 0 Å². The van der Waals surface area contributed by atoms with E-state index in [1.165, 1.54) is 4.90 Å². The third-order valence-corrected chi connectivity index (χ3v) is 5.38. The topological polar surface area (TPSA) is 82.8 Å². The number of carbonyl (C=O) groups excluding carboxylic acids is 2. The fourth-order valence-electron chi connectivity index (χ4n) is 3.55. The van der Waals surface area contributed by atoms with Gasteiger partial charge in [0.15, 0.2) is 12.2 Å². The van der Waals surface area contributed by atoms with Gasteiger partial charge in [0, 0.05) is 19.3 Å². The fourth-order valence-corrected chi connectivity index (χ4v) is 3.55.